The molecule has 0 radical (unpaired) electrons. The number of imide groups is 1. The first kappa shape index (κ1) is 18.6. The van der Waals surface area contributed by atoms with E-state index in [1.165, 1.54) is 18.3 Å². The van der Waals surface area contributed by atoms with Gasteiger partial charge in [-0.05, 0) is 13.8 Å². The molecule has 2 amide bonds. The lowest BCUT2D eigenvalue weighted by Gasteiger charge is -2.11. The van der Waals surface area contributed by atoms with E-state index in [1.54, 1.807) is 5.38 Å². The highest BCUT2D eigenvalue weighted by Gasteiger charge is 2.21. The molecule has 7 nitrogen and oxygen atoms in total. The summed E-state index contributed by atoms with van der Waals surface area (Å²) in [6.45, 7) is 3.37. The Morgan fingerprint density at radius 1 is 1.24 bits per heavy atom. The average Bonchev–Trinajstić information content (AvgIpc) is 3.03. The van der Waals surface area contributed by atoms with Gasteiger partial charge < -0.3 is 9.47 Å². The number of aromatic nitrogens is 1. The third kappa shape index (κ3) is 5.39. The van der Waals surface area contributed by atoms with Crippen molar-refractivity contribution in [3.63, 3.8) is 0 Å². The maximum Gasteiger partial charge on any atom is 0.413 e. The number of benzene rings is 1. The third-order valence-corrected chi connectivity index (χ3v) is 4.20. The monoisotopic (exact) mass is 362 g/mol. The molecule has 132 valence electrons. The Balaban J connectivity index is 1.91. The zero-order valence-electron chi connectivity index (χ0n) is 14.1. The predicted molar refractivity (Wildman–Crippen MR) is 92.1 cm³/mol. The van der Waals surface area contributed by atoms with E-state index in [4.69, 9.17) is 4.74 Å². The topological polar surface area (TPSA) is 94.6 Å². The van der Waals surface area contributed by atoms with Crippen molar-refractivity contribution >= 4 is 29.3 Å². The number of methoxy groups -OCH3 is 1. The molecule has 1 aromatic heterocycles. The summed E-state index contributed by atoms with van der Waals surface area (Å²) < 4.78 is 9.30. The first-order valence-corrected chi connectivity index (χ1v) is 8.36. The fourth-order valence-corrected chi connectivity index (χ4v) is 2.74. The number of rotatable bonds is 5. The number of esters is 1. The van der Waals surface area contributed by atoms with Crippen molar-refractivity contribution in [1.29, 1.82) is 0 Å². The molecule has 0 saturated carbocycles. The van der Waals surface area contributed by atoms with Crippen molar-refractivity contribution in [3.05, 3.63) is 40.9 Å². The Labute approximate surface area is 149 Å². The summed E-state index contributed by atoms with van der Waals surface area (Å²) in [6.07, 6.45) is -2.07. The number of hydrogen-bond acceptors (Lipinski definition) is 7. The van der Waals surface area contributed by atoms with Crippen molar-refractivity contribution in [2.75, 3.05) is 7.11 Å². The third-order valence-electron chi connectivity index (χ3n) is 3.26. The van der Waals surface area contributed by atoms with Crippen LogP contribution in [0.3, 0.4) is 0 Å². The maximum absolute atomic E-state index is 11.9. The van der Waals surface area contributed by atoms with E-state index in [0.717, 1.165) is 23.2 Å². The minimum Gasteiger partial charge on any atom is -0.453 e. The molecule has 2 aromatic rings. The fourth-order valence-electron chi connectivity index (χ4n) is 1.91. The Morgan fingerprint density at radius 2 is 1.92 bits per heavy atom. The first-order chi connectivity index (χ1) is 11.9. The van der Waals surface area contributed by atoms with Gasteiger partial charge in [0.25, 0.3) is 5.91 Å². The molecule has 1 N–H and O–H groups in total. The summed E-state index contributed by atoms with van der Waals surface area (Å²) in [5.74, 6) is -1.35. The molecule has 0 unspecified atom stereocenters. The number of carbonyl (C=O) groups excluding carboxylic acids is 3. The van der Waals surface area contributed by atoms with Gasteiger partial charge >= 0.3 is 12.1 Å². The number of hydrogen-bond donors (Lipinski definition) is 1. The molecule has 1 atom stereocenters. The molecule has 1 heterocycles. The second kappa shape index (κ2) is 8.39. The van der Waals surface area contributed by atoms with Crippen LogP contribution in [0.15, 0.2) is 29.6 Å². The van der Waals surface area contributed by atoms with Gasteiger partial charge in [0, 0.05) is 10.9 Å². The van der Waals surface area contributed by atoms with E-state index < -0.39 is 24.1 Å². The molecular formula is C17H18N2O5S. The zero-order valence-corrected chi connectivity index (χ0v) is 14.9. The van der Waals surface area contributed by atoms with E-state index >= 15 is 0 Å². The summed E-state index contributed by atoms with van der Waals surface area (Å²) in [5, 5.41) is 4.52. The number of carbonyl (C=O) groups is 3. The van der Waals surface area contributed by atoms with Crippen LogP contribution in [0.5, 0.6) is 0 Å². The number of nitrogens with one attached hydrogen (secondary N) is 1. The van der Waals surface area contributed by atoms with Crippen molar-refractivity contribution in [3.8, 4) is 10.6 Å². The molecule has 0 aliphatic rings. The molecule has 0 spiro atoms. The van der Waals surface area contributed by atoms with Gasteiger partial charge in [-0.25, -0.2) is 9.78 Å². The second-order valence-corrected chi connectivity index (χ2v) is 6.16. The lowest BCUT2D eigenvalue weighted by molar-refractivity contribution is -0.154. The Morgan fingerprint density at radius 3 is 2.56 bits per heavy atom. The Kier molecular flexibility index (Phi) is 6.24. The highest BCUT2D eigenvalue weighted by atomic mass is 32.1. The summed E-state index contributed by atoms with van der Waals surface area (Å²) >= 11 is 1.43. The normalized spacial score (nSPS) is 11.5. The van der Waals surface area contributed by atoms with E-state index in [-0.39, 0.29) is 6.42 Å². The van der Waals surface area contributed by atoms with Gasteiger partial charge in [-0.2, -0.15) is 0 Å². The number of aryl methyl sites for hydroxylation is 1. The van der Waals surface area contributed by atoms with Gasteiger partial charge in [-0.1, -0.05) is 29.8 Å². The van der Waals surface area contributed by atoms with Crippen LogP contribution in [-0.2, 0) is 25.5 Å². The lowest BCUT2D eigenvalue weighted by atomic mass is 10.2. The van der Waals surface area contributed by atoms with Crippen LogP contribution in [-0.4, -0.2) is 36.2 Å². The minimum absolute atomic E-state index is 0.0573. The van der Waals surface area contributed by atoms with E-state index in [2.05, 4.69) is 9.72 Å². The number of amides is 2. The predicted octanol–water partition coefficient (Wildman–Crippen LogP) is 2.48. The molecule has 1 aromatic carbocycles. The number of alkyl carbamates (subject to hydrolysis) is 1. The molecule has 2 rings (SSSR count). The van der Waals surface area contributed by atoms with Crippen LogP contribution in [0.25, 0.3) is 10.6 Å². The molecule has 0 fully saturated rings. The molecule has 25 heavy (non-hydrogen) atoms. The fraction of sp³-hybridized carbons (Fsp3) is 0.294. The van der Waals surface area contributed by atoms with Crippen LogP contribution in [0.4, 0.5) is 4.79 Å². The number of thiazole rings is 1. The minimum atomic E-state index is -1.11. The molecule has 0 bridgehead atoms. The molecule has 0 aliphatic carbocycles. The number of ether oxygens (including phenoxy) is 2. The van der Waals surface area contributed by atoms with Crippen LogP contribution < -0.4 is 5.32 Å². The SMILES string of the molecule is COC(=O)NC(=O)[C@@H](C)OC(=O)Cc1csc(-c2ccc(C)cc2)n1. The smallest absolute Gasteiger partial charge is 0.413 e. The molecule has 0 aliphatic heterocycles. The largest absolute Gasteiger partial charge is 0.453 e. The molecular weight excluding hydrogens is 344 g/mol. The van der Waals surface area contributed by atoms with E-state index in [1.807, 2.05) is 36.5 Å². The van der Waals surface area contributed by atoms with E-state index in [0.29, 0.717) is 5.69 Å². The number of nitrogens with zero attached hydrogens (tertiary/aromatic N) is 1. The Hall–Kier alpha value is -2.74. The van der Waals surface area contributed by atoms with Gasteiger partial charge in [-0.3, -0.25) is 14.9 Å². The van der Waals surface area contributed by atoms with Gasteiger partial charge in [0.15, 0.2) is 6.10 Å². The van der Waals surface area contributed by atoms with Crippen LogP contribution >= 0.6 is 11.3 Å². The average molecular weight is 362 g/mol. The Bertz CT molecular complexity index is 770. The summed E-state index contributed by atoms with van der Waals surface area (Å²) in [4.78, 5) is 38.9. The van der Waals surface area contributed by atoms with Gasteiger partial charge in [0.05, 0.1) is 19.2 Å². The second-order valence-electron chi connectivity index (χ2n) is 5.30. The molecule has 0 saturated heterocycles. The van der Waals surface area contributed by atoms with Crippen molar-refractivity contribution in [2.45, 2.75) is 26.4 Å². The summed E-state index contributed by atoms with van der Waals surface area (Å²) in [5.41, 5.74) is 2.69. The van der Waals surface area contributed by atoms with Crippen molar-refractivity contribution in [1.82, 2.24) is 10.3 Å². The first-order valence-electron chi connectivity index (χ1n) is 7.48. The van der Waals surface area contributed by atoms with Crippen LogP contribution in [0, 0.1) is 6.92 Å². The van der Waals surface area contributed by atoms with Crippen molar-refractivity contribution in [2.24, 2.45) is 0 Å². The van der Waals surface area contributed by atoms with Crippen LogP contribution in [0.1, 0.15) is 18.2 Å². The van der Waals surface area contributed by atoms with Crippen molar-refractivity contribution < 1.29 is 23.9 Å². The summed E-state index contributed by atoms with van der Waals surface area (Å²) in [7, 11) is 1.13. The van der Waals surface area contributed by atoms with Gasteiger partial charge in [0.1, 0.15) is 5.01 Å². The molecule has 8 heteroatoms. The summed E-state index contributed by atoms with van der Waals surface area (Å²) in [6, 6.07) is 7.92. The standard InChI is InChI=1S/C17H18N2O5S/c1-10-4-6-12(7-5-10)16-18-13(9-25-16)8-14(20)24-11(2)15(21)19-17(22)23-3/h4-7,9,11H,8H2,1-3H3,(H,19,21,22)/t11-/m1/s1. The van der Waals surface area contributed by atoms with E-state index in [9.17, 15) is 14.4 Å². The highest BCUT2D eigenvalue weighted by Crippen LogP contribution is 2.24. The highest BCUT2D eigenvalue weighted by molar-refractivity contribution is 7.13. The van der Waals surface area contributed by atoms with Gasteiger partial charge in [-0.15, -0.1) is 11.3 Å². The zero-order chi connectivity index (χ0) is 18.4. The van der Waals surface area contributed by atoms with Crippen LogP contribution in [0.2, 0.25) is 0 Å². The quantitative estimate of drug-likeness (QED) is 0.821. The lowest BCUT2D eigenvalue weighted by Crippen LogP contribution is -2.39. The maximum atomic E-state index is 11.9. The van der Waals surface area contributed by atoms with Gasteiger partial charge in [0.2, 0.25) is 0 Å².